The fourth-order valence-electron chi connectivity index (χ4n) is 3.31. The molecule has 2 aromatic carbocycles. The third-order valence-electron chi connectivity index (χ3n) is 4.86. The molecule has 28 heavy (non-hydrogen) atoms. The summed E-state index contributed by atoms with van der Waals surface area (Å²) >= 11 is 0. The number of rotatable bonds is 5. The van der Waals surface area contributed by atoms with Crippen LogP contribution < -0.4 is 4.74 Å². The molecule has 1 heterocycles. The van der Waals surface area contributed by atoms with Crippen LogP contribution in [0.2, 0.25) is 0 Å². The van der Waals surface area contributed by atoms with Crippen LogP contribution in [0.3, 0.4) is 0 Å². The molecule has 1 unspecified atom stereocenters. The molecule has 1 aliphatic rings. The molecule has 1 N–H and O–H groups in total. The minimum atomic E-state index is -0.629. The van der Waals surface area contributed by atoms with Crippen molar-refractivity contribution in [2.24, 2.45) is 0 Å². The van der Waals surface area contributed by atoms with Crippen molar-refractivity contribution in [1.29, 1.82) is 0 Å². The van der Waals surface area contributed by atoms with Crippen LogP contribution in [0.4, 0.5) is 0 Å². The highest BCUT2D eigenvalue weighted by atomic mass is 16.5. The van der Waals surface area contributed by atoms with Gasteiger partial charge in [-0.2, -0.15) is 0 Å². The Hall–Kier alpha value is -3.02. The third-order valence-corrected chi connectivity index (χ3v) is 4.86. The highest BCUT2D eigenvalue weighted by molar-refractivity contribution is 5.81. The van der Waals surface area contributed by atoms with Crippen molar-refractivity contribution in [2.75, 3.05) is 26.2 Å². The molecule has 0 bridgehead atoms. The fourth-order valence-corrected chi connectivity index (χ4v) is 3.31. The topological polar surface area (TPSA) is 70.1 Å². The lowest BCUT2D eigenvalue weighted by Gasteiger charge is -2.25. The summed E-state index contributed by atoms with van der Waals surface area (Å²) in [5.74, 6) is 0.687. The van der Waals surface area contributed by atoms with Crippen LogP contribution in [0, 0.1) is 0 Å². The summed E-state index contributed by atoms with van der Waals surface area (Å²) in [6, 6.07) is 16.0. The van der Waals surface area contributed by atoms with Crippen molar-refractivity contribution in [3.8, 4) is 11.5 Å². The number of hydrogen-bond donors (Lipinski definition) is 1. The number of carbonyl (C=O) groups excluding carboxylic acids is 2. The van der Waals surface area contributed by atoms with Gasteiger partial charge in [0.1, 0.15) is 11.5 Å². The van der Waals surface area contributed by atoms with E-state index in [0.29, 0.717) is 38.3 Å². The molecule has 6 heteroatoms. The van der Waals surface area contributed by atoms with E-state index in [-0.39, 0.29) is 17.6 Å². The van der Waals surface area contributed by atoms with Crippen LogP contribution in [0.25, 0.3) is 0 Å². The Morgan fingerprint density at radius 3 is 2.32 bits per heavy atom. The molecule has 0 aliphatic carbocycles. The van der Waals surface area contributed by atoms with E-state index in [2.05, 4.69) is 0 Å². The van der Waals surface area contributed by atoms with Gasteiger partial charge in [0.15, 0.2) is 6.10 Å². The van der Waals surface area contributed by atoms with Gasteiger partial charge in [-0.25, -0.2) is 0 Å². The summed E-state index contributed by atoms with van der Waals surface area (Å²) in [6.45, 7) is 4.02. The van der Waals surface area contributed by atoms with E-state index in [0.717, 1.165) is 12.0 Å². The Balaban J connectivity index is 1.52. The molecule has 0 spiro atoms. The van der Waals surface area contributed by atoms with Gasteiger partial charge in [-0.1, -0.05) is 30.3 Å². The summed E-state index contributed by atoms with van der Waals surface area (Å²) in [6.07, 6.45) is 0.504. The van der Waals surface area contributed by atoms with Gasteiger partial charge in [-0.3, -0.25) is 9.59 Å². The van der Waals surface area contributed by atoms with Crippen LogP contribution >= 0.6 is 0 Å². The smallest absolute Gasteiger partial charge is 0.263 e. The van der Waals surface area contributed by atoms with E-state index in [4.69, 9.17) is 4.74 Å². The number of hydrogen-bond acceptors (Lipinski definition) is 4. The van der Waals surface area contributed by atoms with Gasteiger partial charge in [0.25, 0.3) is 5.91 Å². The average molecular weight is 382 g/mol. The number of phenols is 1. The van der Waals surface area contributed by atoms with Gasteiger partial charge in [0.05, 0.1) is 6.42 Å². The number of amides is 2. The third kappa shape index (κ3) is 5.25. The SMILES string of the molecule is CC(Oc1ccc(O)cc1)C(=O)N1CCCN(C(=O)Cc2ccccc2)CC1. The second-order valence-corrected chi connectivity index (χ2v) is 6.98. The second-order valence-electron chi connectivity index (χ2n) is 6.98. The number of benzene rings is 2. The maximum atomic E-state index is 12.7. The van der Waals surface area contributed by atoms with E-state index < -0.39 is 6.10 Å². The summed E-state index contributed by atoms with van der Waals surface area (Å²) in [7, 11) is 0. The molecule has 0 saturated carbocycles. The lowest BCUT2D eigenvalue weighted by atomic mass is 10.1. The average Bonchev–Trinajstić information content (AvgIpc) is 2.96. The molecule has 1 fully saturated rings. The van der Waals surface area contributed by atoms with Crippen LogP contribution in [-0.4, -0.2) is 59.0 Å². The van der Waals surface area contributed by atoms with Gasteiger partial charge >= 0.3 is 0 Å². The Kier molecular flexibility index (Phi) is 6.53. The number of aromatic hydroxyl groups is 1. The molecule has 1 aliphatic heterocycles. The van der Waals surface area contributed by atoms with Crippen LogP contribution in [0.5, 0.6) is 11.5 Å². The molecular formula is C22H26N2O4. The monoisotopic (exact) mass is 382 g/mol. The maximum absolute atomic E-state index is 12.7. The first-order chi connectivity index (χ1) is 13.5. The molecule has 2 aromatic rings. The summed E-state index contributed by atoms with van der Waals surface area (Å²) in [5, 5.41) is 9.33. The van der Waals surface area contributed by atoms with Gasteiger partial charge in [-0.05, 0) is 43.2 Å². The number of ether oxygens (including phenoxy) is 1. The maximum Gasteiger partial charge on any atom is 0.263 e. The molecule has 2 amide bonds. The normalized spacial score (nSPS) is 15.6. The Morgan fingerprint density at radius 1 is 0.964 bits per heavy atom. The molecule has 3 rings (SSSR count). The van der Waals surface area contributed by atoms with Gasteiger partial charge < -0.3 is 19.6 Å². The standard InChI is InChI=1S/C22H26N2O4/c1-17(28-20-10-8-19(25)9-11-20)22(27)24-13-5-12-23(14-15-24)21(26)16-18-6-3-2-4-7-18/h2-4,6-11,17,25H,5,12-16H2,1H3. The van der Waals surface area contributed by atoms with Crippen LogP contribution in [-0.2, 0) is 16.0 Å². The zero-order chi connectivity index (χ0) is 19.9. The Bertz CT molecular complexity index is 792. The predicted octanol–water partition coefficient (Wildman–Crippen LogP) is 2.46. The number of carbonyl (C=O) groups is 2. The van der Waals surface area contributed by atoms with Gasteiger partial charge in [-0.15, -0.1) is 0 Å². The zero-order valence-corrected chi connectivity index (χ0v) is 16.1. The predicted molar refractivity (Wildman–Crippen MR) is 106 cm³/mol. The van der Waals surface area contributed by atoms with E-state index in [1.54, 1.807) is 24.0 Å². The van der Waals surface area contributed by atoms with Gasteiger partial charge in [0, 0.05) is 26.2 Å². The largest absolute Gasteiger partial charge is 0.508 e. The molecule has 0 aromatic heterocycles. The fraction of sp³-hybridized carbons (Fsp3) is 0.364. The van der Waals surface area contributed by atoms with E-state index in [1.165, 1.54) is 12.1 Å². The van der Waals surface area contributed by atoms with Crippen LogP contribution in [0.15, 0.2) is 54.6 Å². The van der Waals surface area contributed by atoms with E-state index in [1.807, 2.05) is 35.2 Å². The lowest BCUT2D eigenvalue weighted by Crippen LogP contribution is -2.43. The number of phenolic OH excluding ortho intramolecular Hbond substituents is 1. The van der Waals surface area contributed by atoms with Crippen LogP contribution in [0.1, 0.15) is 18.9 Å². The molecule has 1 atom stereocenters. The molecular weight excluding hydrogens is 356 g/mol. The Labute approximate surface area is 165 Å². The van der Waals surface area contributed by atoms with Crippen molar-refractivity contribution in [3.63, 3.8) is 0 Å². The first-order valence-corrected chi connectivity index (χ1v) is 9.59. The summed E-state index contributed by atoms with van der Waals surface area (Å²) in [5.41, 5.74) is 1.00. The van der Waals surface area contributed by atoms with Gasteiger partial charge in [0.2, 0.25) is 5.91 Å². The minimum Gasteiger partial charge on any atom is -0.508 e. The van der Waals surface area contributed by atoms with Crippen molar-refractivity contribution >= 4 is 11.8 Å². The highest BCUT2D eigenvalue weighted by Crippen LogP contribution is 2.18. The van der Waals surface area contributed by atoms with Crippen molar-refractivity contribution < 1.29 is 19.4 Å². The van der Waals surface area contributed by atoms with Crippen molar-refractivity contribution in [2.45, 2.75) is 25.9 Å². The molecule has 1 saturated heterocycles. The minimum absolute atomic E-state index is 0.0916. The number of nitrogens with zero attached hydrogens (tertiary/aromatic N) is 2. The summed E-state index contributed by atoms with van der Waals surface area (Å²) in [4.78, 5) is 28.9. The molecule has 148 valence electrons. The Morgan fingerprint density at radius 2 is 1.61 bits per heavy atom. The molecule has 0 radical (unpaired) electrons. The highest BCUT2D eigenvalue weighted by Gasteiger charge is 2.26. The van der Waals surface area contributed by atoms with Crippen molar-refractivity contribution in [1.82, 2.24) is 9.80 Å². The quantitative estimate of drug-likeness (QED) is 0.862. The van der Waals surface area contributed by atoms with Crippen molar-refractivity contribution in [3.05, 3.63) is 60.2 Å². The first-order valence-electron chi connectivity index (χ1n) is 9.59. The summed E-state index contributed by atoms with van der Waals surface area (Å²) < 4.78 is 5.70. The second kappa shape index (κ2) is 9.26. The van der Waals surface area contributed by atoms with E-state index >= 15 is 0 Å². The molecule has 6 nitrogen and oxygen atoms in total. The first kappa shape index (κ1) is 19.7. The van der Waals surface area contributed by atoms with E-state index in [9.17, 15) is 14.7 Å². The lowest BCUT2D eigenvalue weighted by molar-refractivity contribution is -0.138. The zero-order valence-electron chi connectivity index (χ0n) is 16.1.